The van der Waals surface area contributed by atoms with Crippen molar-refractivity contribution in [3.05, 3.63) is 29.0 Å². The summed E-state index contributed by atoms with van der Waals surface area (Å²) in [6.07, 6.45) is 2.08. The van der Waals surface area contributed by atoms with Crippen LogP contribution in [0.2, 0.25) is 5.02 Å². The van der Waals surface area contributed by atoms with Gasteiger partial charge < -0.3 is 10.6 Å². The van der Waals surface area contributed by atoms with E-state index in [9.17, 15) is 9.18 Å². The zero-order chi connectivity index (χ0) is 11.5. The Morgan fingerprint density at radius 2 is 2.25 bits per heavy atom. The highest BCUT2D eigenvalue weighted by Gasteiger charge is 2.22. The maximum atomic E-state index is 13.4. The quantitative estimate of drug-likeness (QED) is 0.850. The molecule has 5 heteroatoms. The standard InChI is InChI=1S/C11H12ClFN2O/c12-8-2-1-3-9(11(8)13)14-6-10(16)15-7-4-5-7/h1-3,7,14H,4-6H2,(H,15,16). The van der Waals surface area contributed by atoms with Crippen molar-refractivity contribution < 1.29 is 9.18 Å². The van der Waals surface area contributed by atoms with Crippen molar-refractivity contribution in [2.45, 2.75) is 18.9 Å². The molecule has 3 nitrogen and oxygen atoms in total. The highest BCUT2D eigenvalue weighted by molar-refractivity contribution is 6.31. The van der Waals surface area contributed by atoms with Gasteiger partial charge in [0, 0.05) is 6.04 Å². The number of hydrogen-bond donors (Lipinski definition) is 2. The summed E-state index contributed by atoms with van der Waals surface area (Å²) in [5.74, 6) is -0.648. The Bertz CT molecular complexity index is 407. The average Bonchev–Trinajstić information content (AvgIpc) is 3.04. The Morgan fingerprint density at radius 1 is 1.50 bits per heavy atom. The minimum atomic E-state index is -0.525. The summed E-state index contributed by atoms with van der Waals surface area (Å²) < 4.78 is 13.4. The predicted molar refractivity (Wildman–Crippen MR) is 61.1 cm³/mol. The number of halogens is 2. The van der Waals surface area contributed by atoms with E-state index in [2.05, 4.69) is 10.6 Å². The molecule has 1 aromatic rings. The summed E-state index contributed by atoms with van der Waals surface area (Å²) >= 11 is 5.61. The van der Waals surface area contributed by atoms with Crippen LogP contribution in [0.15, 0.2) is 18.2 Å². The van der Waals surface area contributed by atoms with Gasteiger partial charge >= 0.3 is 0 Å². The van der Waals surface area contributed by atoms with E-state index in [1.807, 2.05) is 0 Å². The molecule has 1 aliphatic carbocycles. The SMILES string of the molecule is O=C(CNc1cccc(Cl)c1F)NC1CC1. The largest absolute Gasteiger partial charge is 0.374 e. The highest BCUT2D eigenvalue weighted by atomic mass is 35.5. The van der Waals surface area contributed by atoms with Crippen LogP contribution in [0.3, 0.4) is 0 Å². The Balaban J connectivity index is 1.88. The molecule has 0 aliphatic heterocycles. The van der Waals surface area contributed by atoms with Gasteiger partial charge in [-0.2, -0.15) is 0 Å². The molecule has 0 heterocycles. The van der Waals surface area contributed by atoms with Crippen molar-refractivity contribution >= 4 is 23.2 Å². The van der Waals surface area contributed by atoms with Gasteiger partial charge in [0.1, 0.15) is 0 Å². The minimum Gasteiger partial charge on any atom is -0.374 e. The Kier molecular flexibility index (Phi) is 3.29. The van der Waals surface area contributed by atoms with Crippen molar-refractivity contribution in [2.24, 2.45) is 0 Å². The zero-order valence-corrected chi connectivity index (χ0v) is 9.35. The molecule has 0 aromatic heterocycles. The highest BCUT2D eigenvalue weighted by Crippen LogP contribution is 2.22. The van der Waals surface area contributed by atoms with E-state index < -0.39 is 5.82 Å². The number of amides is 1. The molecule has 1 saturated carbocycles. The van der Waals surface area contributed by atoms with Crippen molar-refractivity contribution in [2.75, 3.05) is 11.9 Å². The van der Waals surface area contributed by atoms with Gasteiger partial charge in [-0.3, -0.25) is 4.79 Å². The predicted octanol–water partition coefficient (Wildman–Crippen LogP) is 2.17. The molecule has 1 aromatic carbocycles. The van der Waals surface area contributed by atoms with Gasteiger partial charge in [0.15, 0.2) is 5.82 Å². The summed E-state index contributed by atoms with van der Waals surface area (Å²) in [6, 6.07) is 4.96. The summed E-state index contributed by atoms with van der Waals surface area (Å²) in [5.41, 5.74) is 0.249. The second-order valence-electron chi connectivity index (χ2n) is 3.80. The molecule has 0 radical (unpaired) electrons. The third-order valence-electron chi connectivity index (χ3n) is 2.33. The third kappa shape index (κ3) is 2.85. The van der Waals surface area contributed by atoms with Crippen LogP contribution in [0.4, 0.5) is 10.1 Å². The third-order valence-corrected chi connectivity index (χ3v) is 2.63. The first-order valence-corrected chi connectivity index (χ1v) is 5.52. The molecular formula is C11H12ClFN2O. The number of carbonyl (C=O) groups is 1. The number of anilines is 1. The van der Waals surface area contributed by atoms with Crippen LogP contribution < -0.4 is 10.6 Å². The molecule has 1 amide bonds. The molecular weight excluding hydrogens is 231 g/mol. The van der Waals surface area contributed by atoms with Crippen LogP contribution in [0.25, 0.3) is 0 Å². The van der Waals surface area contributed by atoms with E-state index in [4.69, 9.17) is 11.6 Å². The van der Waals surface area contributed by atoms with Gasteiger partial charge in [-0.25, -0.2) is 4.39 Å². The minimum absolute atomic E-state index is 0.0487. The van der Waals surface area contributed by atoms with Crippen LogP contribution in [-0.2, 0) is 4.79 Å². The van der Waals surface area contributed by atoms with E-state index in [1.54, 1.807) is 12.1 Å². The zero-order valence-electron chi connectivity index (χ0n) is 8.59. The summed E-state index contributed by atoms with van der Waals surface area (Å²) in [5, 5.41) is 5.57. The van der Waals surface area contributed by atoms with Gasteiger partial charge in [-0.15, -0.1) is 0 Å². The Labute approximate surface area is 98.0 Å². The molecule has 0 saturated heterocycles. The fourth-order valence-electron chi connectivity index (χ4n) is 1.32. The van der Waals surface area contributed by atoms with E-state index in [1.165, 1.54) is 6.07 Å². The number of rotatable bonds is 4. The molecule has 2 rings (SSSR count). The van der Waals surface area contributed by atoms with E-state index in [-0.39, 0.29) is 23.2 Å². The first kappa shape index (κ1) is 11.2. The first-order valence-electron chi connectivity index (χ1n) is 5.14. The topological polar surface area (TPSA) is 41.1 Å². The lowest BCUT2D eigenvalue weighted by atomic mass is 10.3. The van der Waals surface area contributed by atoms with Crippen molar-refractivity contribution in [3.8, 4) is 0 Å². The van der Waals surface area contributed by atoms with Crippen molar-refractivity contribution in [1.82, 2.24) is 5.32 Å². The average molecular weight is 243 g/mol. The Hall–Kier alpha value is -1.29. The second kappa shape index (κ2) is 4.70. The van der Waals surface area contributed by atoms with Gasteiger partial charge in [-0.05, 0) is 25.0 Å². The smallest absolute Gasteiger partial charge is 0.239 e. The lowest BCUT2D eigenvalue weighted by Crippen LogP contribution is -2.31. The fraction of sp³-hybridized carbons (Fsp3) is 0.364. The number of hydrogen-bond acceptors (Lipinski definition) is 2. The monoisotopic (exact) mass is 242 g/mol. The molecule has 0 spiro atoms. The Morgan fingerprint density at radius 3 is 2.94 bits per heavy atom. The molecule has 86 valence electrons. The molecule has 2 N–H and O–H groups in total. The van der Waals surface area contributed by atoms with E-state index in [0.717, 1.165) is 12.8 Å². The molecule has 16 heavy (non-hydrogen) atoms. The van der Waals surface area contributed by atoms with Gasteiger partial charge in [0.05, 0.1) is 17.3 Å². The van der Waals surface area contributed by atoms with E-state index in [0.29, 0.717) is 6.04 Å². The number of carbonyl (C=O) groups excluding carboxylic acids is 1. The lowest BCUT2D eigenvalue weighted by Gasteiger charge is -2.08. The van der Waals surface area contributed by atoms with Crippen molar-refractivity contribution in [3.63, 3.8) is 0 Å². The summed E-state index contributed by atoms with van der Waals surface area (Å²) in [7, 11) is 0. The van der Waals surface area contributed by atoms with E-state index >= 15 is 0 Å². The van der Waals surface area contributed by atoms with Crippen LogP contribution in [0.5, 0.6) is 0 Å². The summed E-state index contributed by atoms with van der Waals surface area (Å²) in [4.78, 5) is 11.3. The number of nitrogens with one attached hydrogen (secondary N) is 2. The maximum absolute atomic E-state index is 13.4. The molecule has 1 fully saturated rings. The summed E-state index contributed by atoms with van der Waals surface area (Å²) in [6.45, 7) is 0.0633. The fourth-order valence-corrected chi connectivity index (χ4v) is 1.50. The molecule has 0 bridgehead atoms. The second-order valence-corrected chi connectivity index (χ2v) is 4.20. The molecule has 0 unspecified atom stereocenters. The van der Waals surface area contributed by atoms with Gasteiger partial charge in [0.25, 0.3) is 0 Å². The number of benzene rings is 1. The lowest BCUT2D eigenvalue weighted by molar-refractivity contribution is -0.119. The van der Waals surface area contributed by atoms with Crippen molar-refractivity contribution in [1.29, 1.82) is 0 Å². The van der Waals surface area contributed by atoms with Gasteiger partial charge in [-0.1, -0.05) is 17.7 Å². The first-order chi connectivity index (χ1) is 7.66. The van der Waals surface area contributed by atoms with Crippen LogP contribution in [0, 0.1) is 5.82 Å². The molecule has 1 aliphatic rings. The van der Waals surface area contributed by atoms with Crippen LogP contribution in [0.1, 0.15) is 12.8 Å². The maximum Gasteiger partial charge on any atom is 0.239 e. The molecule has 0 atom stereocenters. The normalized spacial score (nSPS) is 14.6. The van der Waals surface area contributed by atoms with Crippen LogP contribution in [-0.4, -0.2) is 18.5 Å². The van der Waals surface area contributed by atoms with Gasteiger partial charge in [0.2, 0.25) is 5.91 Å². The van der Waals surface area contributed by atoms with Crippen LogP contribution >= 0.6 is 11.6 Å².